The predicted molar refractivity (Wildman–Crippen MR) is 116 cm³/mol. The van der Waals surface area contributed by atoms with E-state index in [1.54, 1.807) is 0 Å². The van der Waals surface area contributed by atoms with Crippen LogP contribution in [0.3, 0.4) is 0 Å². The Bertz CT molecular complexity index is 831. The first-order chi connectivity index (χ1) is 14.4. The molecule has 1 aliphatic heterocycles. The molecule has 4 bridgehead atoms. The molecule has 6 nitrogen and oxygen atoms in total. The minimum atomic E-state index is -0.437. The van der Waals surface area contributed by atoms with Gasteiger partial charge < -0.3 is 15.8 Å². The van der Waals surface area contributed by atoms with Gasteiger partial charge in [-0.3, -0.25) is 14.5 Å². The van der Waals surface area contributed by atoms with Gasteiger partial charge in [-0.2, -0.15) is 0 Å². The smallest absolute Gasteiger partial charge is 0.250 e. The maximum absolute atomic E-state index is 13.1. The van der Waals surface area contributed by atoms with E-state index in [9.17, 15) is 9.59 Å². The molecule has 2 unspecified atom stereocenters. The zero-order chi connectivity index (χ0) is 20.9. The molecule has 3 atom stereocenters. The van der Waals surface area contributed by atoms with Gasteiger partial charge in [-0.1, -0.05) is 28.1 Å². The minimum absolute atomic E-state index is 0.000425. The standard InChI is InChI=1S/C23H30BrN3O3/c24-18-3-1-2-14(8-18)12-27-4-5-30-19(13-27)21(28)26-20-16-6-15-7-17(20)11-23(9-15,10-16)22(25)29/h1-3,8,15-17,19-20H,4-7,9-13H2,(H2,25,29)(H,26,28)/t15?,16?,17?,19-,20?,23?/m1/s1. The molecule has 5 aliphatic rings. The molecule has 4 aliphatic carbocycles. The highest BCUT2D eigenvalue weighted by molar-refractivity contribution is 9.10. The lowest BCUT2D eigenvalue weighted by Gasteiger charge is -2.59. The number of benzene rings is 1. The van der Waals surface area contributed by atoms with E-state index in [0.29, 0.717) is 30.9 Å². The van der Waals surface area contributed by atoms with Crippen LogP contribution in [0.15, 0.2) is 28.7 Å². The van der Waals surface area contributed by atoms with Crippen LogP contribution in [0.5, 0.6) is 0 Å². The summed E-state index contributed by atoms with van der Waals surface area (Å²) in [5.41, 5.74) is 6.69. The lowest BCUT2D eigenvalue weighted by molar-refractivity contribution is -0.151. The second kappa shape index (κ2) is 7.92. The first kappa shape index (κ1) is 20.5. The van der Waals surface area contributed by atoms with Crippen molar-refractivity contribution in [2.24, 2.45) is 28.9 Å². The Hall–Kier alpha value is -1.44. The Morgan fingerprint density at radius 1 is 1.23 bits per heavy atom. The highest BCUT2D eigenvalue weighted by Crippen LogP contribution is 2.59. The Balaban J connectivity index is 1.21. The Labute approximate surface area is 186 Å². The number of carbonyl (C=O) groups is 2. The number of nitrogens with one attached hydrogen (secondary N) is 1. The summed E-state index contributed by atoms with van der Waals surface area (Å²) in [4.78, 5) is 27.5. The number of hydrogen-bond donors (Lipinski definition) is 2. The minimum Gasteiger partial charge on any atom is -0.369 e. The van der Waals surface area contributed by atoms with Crippen molar-refractivity contribution in [1.82, 2.24) is 10.2 Å². The van der Waals surface area contributed by atoms with Crippen molar-refractivity contribution < 1.29 is 14.3 Å². The van der Waals surface area contributed by atoms with Crippen molar-refractivity contribution in [2.45, 2.75) is 50.8 Å². The maximum atomic E-state index is 13.1. The van der Waals surface area contributed by atoms with Crippen LogP contribution in [-0.4, -0.2) is 48.6 Å². The van der Waals surface area contributed by atoms with Crippen molar-refractivity contribution in [1.29, 1.82) is 0 Å². The SMILES string of the molecule is NC(=O)C12CC3CC(C1)C(NC(=O)[C@H]1CN(Cc4cccc(Br)c4)CCO1)C(C3)C2. The summed E-state index contributed by atoms with van der Waals surface area (Å²) < 4.78 is 6.91. The first-order valence-electron chi connectivity index (χ1n) is 11.1. The van der Waals surface area contributed by atoms with Crippen LogP contribution in [0.2, 0.25) is 0 Å². The van der Waals surface area contributed by atoms with E-state index in [2.05, 4.69) is 38.3 Å². The quantitative estimate of drug-likeness (QED) is 0.684. The molecular weight excluding hydrogens is 446 g/mol. The van der Waals surface area contributed by atoms with E-state index in [1.165, 1.54) is 5.56 Å². The fourth-order valence-corrected chi connectivity index (χ4v) is 7.16. The van der Waals surface area contributed by atoms with Crippen LogP contribution in [0, 0.1) is 23.2 Å². The van der Waals surface area contributed by atoms with Gasteiger partial charge in [0.25, 0.3) is 5.91 Å². The number of rotatable bonds is 5. The van der Waals surface area contributed by atoms with Gasteiger partial charge >= 0.3 is 0 Å². The summed E-state index contributed by atoms with van der Waals surface area (Å²) >= 11 is 3.52. The van der Waals surface area contributed by atoms with E-state index >= 15 is 0 Å². The molecule has 3 N–H and O–H groups in total. The molecule has 1 heterocycles. The van der Waals surface area contributed by atoms with Crippen molar-refractivity contribution >= 4 is 27.7 Å². The molecule has 1 aromatic carbocycles. The Morgan fingerprint density at radius 3 is 2.70 bits per heavy atom. The van der Waals surface area contributed by atoms with Gasteiger partial charge in [0.1, 0.15) is 6.10 Å². The molecule has 0 spiro atoms. The van der Waals surface area contributed by atoms with E-state index in [1.807, 2.05) is 12.1 Å². The van der Waals surface area contributed by atoms with Gasteiger partial charge in [0.05, 0.1) is 6.61 Å². The number of hydrogen-bond acceptors (Lipinski definition) is 4. The van der Waals surface area contributed by atoms with Gasteiger partial charge in [-0.25, -0.2) is 0 Å². The molecule has 30 heavy (non-hydrogen) atoms. The summed E-state index contributed by atoms with van der Waals surface area (Å²) in [6.07, 6.45) is 4.40. The highest BCUT2D eigenvalue weighted by Gasteiger charge is 2.58. The van der Waals surface area contributed by atoms with Gasteiger partial charge in [0.2, 0.25) is 5.91 Å². The molecule has 1 aromatic rings. The summed E-state index contributed by atoms with van der Waals surface area (Å²) in [6, 6.07) is 8.44. The van der Waals surface area contributed by atoms with Gasteiger partial charge in [-0.05, 0) is 67.6 Å². The summed E-state index contributed by atoms with van der Waals surface area (Å²) in [5.74, 6) is 1.20. The average Bonchev–Trinajstić information content (AvgIpc) is 2.70. The zero-order valence-electron chi connectivity index (χ0n) is 17.2. The lowest BCUT2D eigenvalue weighted by atomic mass is 9.47. The van der Waals surface area contributed by atoms with Gasteiger partial charge in [-0.15, -0.1) is 0 Å². The molecule has 162 valence electrons. The van der Waals surface area contributed by atoms with Crippen molar-refractivity contribution in [2.75, 3.05) is 19.7 Å². The topological polar surface area (TPSA) is 84.7 Å². The fourth-order valence-electron chi connectivity index (χ4n) is 6.72. The molecule has 6 rings (SSSR count). The van der Waals surface area contributed by atoms with E-state index < -0.39 is 6.10 Å². The number of carbonyl (C=O) groups excluding carboxylic acids is 2. The van der Waals surface area contributed by atoms with Crippen LogP contribution in [0.25, 0.3) is 0 Å². The fraction of sp³-hybridized carbons (Fsp3) is 0.652. The predicted octanol–water partition coefficient (Wildman–Crippen LogP) is 2.45. The molecule has 0 aromatic heterocycles. The second-order valence-electron chi connectivity index (χ2n) is 9.87. The molecule has 0 radical (unpaired) electrons. The molecule has 5 fully saturated rings. The number of nitrogens with two attached hydrogens (primary N) is 1. The van der Waals surface area contributed by atoms with E-state index in [4.69, 9.17) is 10.5 Å². The normalized spacial score (nSPS) is 37.8. The van der Waals surface area contributed by atoms with Crippen molar-refractivity contribution in [3.05, 3.63) is 34.3 Å². The zero-order valence-corrected chi connectivity index (χ0v) is 18.8. The van der Waals surface area contributed by atoms with Crippen LogP contribution in [-0.2, 0) is 20.9 Å². The van der Waals surface area contributed by atoms with Gasteiger partial charge in [0.15, 0.2) is 0 Å². The van der Waals surface area contributed by atoms with Crippen LogP contribution >= 0.6 is 15.9 Å². The number of primary amides is 1. The Morgan fingerprint density at radius 2 is 2.00 bits per heavy atom. The summed E-state index contributed by atoms with van der Waals surface area (Å²) in [5, 5.41) is 3.33. The van der Waals surface area contributed by atoms with Crippen molar-refractivity contribution in [3.63, 3.8) is 0 Å². The second-order valence-corrected chi connectivity index (χ2v) is 10.8. The number of ether oxygens (including phenoxy) is 1. The van der Waals surface area contributed by atoms with Crippen LogP contribution < -0.4 is 11.1 Å². The van der Waals surface area contributed by atoms with Crippen molar-refractivity contribution in [3.8, 4) is 0 Å². The molecule has 2 amide bonds. The van der Waals surface area contributed by atoms with Gasteiger partial charge in [0, 0.05) is 35.6 Å². The van der Waals surface area contributed by atoms with Crippen LogP contribution in [0.4, 0.5) is 0 Å². The molecule has 1 saturated heterocycles. The summed E-state index contributed by atoms with van der Waals surface area (Å²) in [7, 11) is 0. The lowest BCUT2D eigenvalue weighted by Crippen LogP contribution is -2.63. The molecule has 4 saturated carbocycles. The monoisotopic (exact) mass is 475 g/mol. The third-order valence-corrected chi connectivity index (χ3v) is 8.34. The van der Waals surface area contributed by atoms with E-state index in [0.717, 1.165) is 49.7 Å². The third kappa shape index (κ3) is 3.80. The molecular formula is C23H30BrN3O3. The number of nitrogens with zero attached hydrogens (tertiary/aromatic N) is 1. The largest absolute Gasteiger partial charge is 0.369 e. The highest BCUT2D eigenvalue weighted by atomic mass is 79.9. The number of halogens is 1. The van der Waals surface area contributed by atoms with Crippen LogP contribution in [0.1, 0.15) is 37.7 Å². The number of morpholine rings is 1. The number of amides is 2. The molecule has 7 heteroatoms. The van der Waals surface area contributed by atoms with E-state index in [-0.39, 0.29) is 23.3 Å². The first-order valence-corrected chi connectivity index (χ1v) is 11.9. The Kier molecular flexibility index (Phi) is 5.40. The maximum Gasteiger partial charge on any atom is 0.250 e. The third-order valence-electron chi connectivity index (χ3n) is 7.84. The summed E-state index contributed by atoms with van der Waals surface area (Å²) in [6.45, 7) is 2.81. The average molecular weight is 476 g/mol.